The largest absolute Gasteiger partial charge is 0.357 e. The van der Waals surface area contributed by atoms with Gasteiger partial charge in [0.25, 0.3) is 0 Å². The summed E-state index contributed by atoms with van der Waals surface area (Å²) < 4.78 is 0. The van der Waals surface area contributed by atoms with E-state index in [1.54, 1.807) is 7.05 Å². The van der Waals surface area contributed by atoms with E-state index in [-0.39, 0.29) is 17.9 Å². The Hall–Kier alpha value is -1.10. The lowest BCUT2D eigenvalue weighted by atomic mass is 9.99. The van der Waals surface area contributed by atoms with E-state index < -0.39 is 6.04 Å². The van der Waals surface area contributed by atoms with Crippen LogP contribution in [0.15, 0.2) is 0 Å². The van der Waals surface area contributed by atoms with Crippen LogP contribution in [0.5, 0.6) is 0 Å². The molecule has 0 aliphatic heterocycles. The zero-order valence-corrected chi connectivity index (χ0v) is 14.9. The molecule has 0 rings (SSSR count). The Kier molecular flexibility index (Phi) is 14.6. The van der Waals surface area contributed by atoms with Gasteiger partial charge in [0.1, 0.15) is 6.04 Å². The topological polar surface area (TPSA) is 70.2 Å². The first kappa shape index (κ1) is 22.2. The highest BCUT2D eigenvalue weighted by molar-refractivity contribution is 5.87. The minimum atomic E-state index is -0.526. The summed E-state index contributed by atoms with van der Waals surface area (Å²) in [4.78, 5) is 22.9. The van der Waals surface area contributed by atoms with Crippen molar-refractivity contribution in [2.75, 3.05) is 13.6 Å². The standard InChI is InChI=1S/C14H29N3O2.C2H6/c1-6-8-12(7-2)9-16-10(3)13(14(19)15-5)17-11(4)18;1-2/h10,12-13,16H,6-9H2,1-5H3,(H,15,19)(H,17,18);1-2H3. The van der Waals surface area contributed by atoms with Gasteiger partial charge in [0.05, 0.1) is 0 Å². The fourth-order valence-corrected chi connectivity index (χ4v) is 2.12. The van der Waals surface area contributed by atoms with Crippen molar-refractivity contribution in [1.82, 2.24) is 16.0 Å². The Morgan fingerprint density at radius 2 is 1.71 bits per heavy atom. The number of amides is 2. The van der Waals surface area contributed by atoms with Gasteiger partial charge in [-0.1, -0.05) is 40.5 Å². The lowest BCUT2D eigenvalue weighted by molar-refractivity contribution is -0.128. The van der Waals surface area contributed by atoms with Crippen molar-refractivity contribution >= 4 is 11.8 Å². The van der Waals surface area contributed by atoms with Crippen LogP contribution in [0.2, 0.25) is 0 Å². The molecule has 0 aromatic rings. The molecule has 0 aromatic carbocycles. The minimum Gasteiger partial charge on any atom is -0.357 e. The predicted octanol–water partition coefficient (Wildman–Crippen LogP) is 2.07. The second-order valence-electron chi connectivity index (χ2n) is 5.05. The van der Waals surface area contributed by atoms with Crippen LogP contribution < -0.4 is 16.0 Å². The molecule has 0 fully saturated rings. The maximum absolute atomic E-state index is 11.8. The van der Waals surface area contributed by atoms with Gasteiger partial charge in [0, 0.05) is 20.0 Å². The van der Waals surface area contributed by atoms with Crippen molar-refractivity contribution in [3.63, 3.8) is 0 Å². The van der Waals surface area contributed by atoms with Crippen molar-refractivity contribution in [2.24, 2.45) is 5.92 Å². The summed E-state index contributed by atoms with van der Waals surface area (Å²) in [6, 6.07) is -0.614. The molecule has 0 saturated carbocycles. The summed E-state index contributed by atoms with van der Waals surface area (Å²) in [5, 5.41) is 8.64. The van der Waals surface area contributed by atoms with Crippen LogP contribution in [-0.2, 0) is 9.59 Å². The van der Waals surface area contributed by atoms with Gasteiger partial charge in [-0.2, -0.15) is 0 Å². The first-order valence-corrected chi connectivity index (χ1v) is 8.18. The third-order valence-electron chi connectivity index (χ3n) is 3.39. The average molecular weight is 301 g/mol. The minimum absolute atomic E-state index is 0.0882. The molecule has 0 spiro atoms. The molecule has 5 nitrogen and oxygen atoms in total. The van der Waals surface area contributed by atoms with E-state index in [9.17, 15) is 9.59 Å². The molecule has 0 heterocycles. The number of likely N-dealkylation sites (N-methyl/N-ethyl adjacent to an activating group) is 1. The Balaban J connectivity index is 0. The van der Waals surface area contributed by atoms with E-state index in [1.165, 1.54) is 19.8 Å². The number of rotatable bonds is 9. The van der Waals surface area contributed by atoms with Gasteiger partial charge in [0.2, 0.25) is 11.8 Å². The molecule has 0 aliphatic carbocycles. The second kappa shape index (κ2) is 13.9. The number of carbonyl (C=O) groups is 2. The van der Waals surface area contributed by atoms with Crippen molar-refractivity contribution < 1.29 is 9.59 Å². The summed E-state index contributed by atoms with van der Waals surface area (Å²) in [5.74, 6) is 0.261. The molecule has 3 atom stereocenters. The maximum atomic E-state index is 11.8. The molecule has 21 heavy (non-hydrogen) atoms. The molecule has 0 radical (unpaired) electrons. The normalized spacial score (nSPS) is 14.2. The Morgan fingerprint density at radius 1 is 1.14 bits per heavy atom. The molecule has 0 bridgehead atoms. The molecule has 3 N–H and O–H groups in total. The van der Waals surface area contributed by atoms with E-state index in [1.807, 2.05) is 20.8 Å². The van der Waals surface area contributed by atoms with E-state index in [2.05, 4.69) is 29.8 Å². The zero-order chi connectivity index (χ0) is 16.8. The molecule has 0 aromatic heterocycles. The summed E-state index contributed by atoms with van der Waals surface area (Å²) in [7, 11) is 1.58. The van der Waals surface area contributed by atoms with Crippen molar-refractivity contribution in [2.45, 2.75) is 72.9 Å². The van der Waals surface area contributed by atoms with E-state index in [0.717, 1.165) is 13.0 Å². The molecule has 2 amide bonds. The number of carbonyl (C=O) groups excluding carboxylic acids is 2. The zero-order valence-electron chi connectivity index (χ0n) is 14.9. The molecule has 126 valence electrons. The highest BCUT2D eigenvalue weighted by Gasteiger charge is 2.25. The van der Waals surface area contributed by atoms with Gasteiger partial charge in [-0.15, -0.1) is 0 Å². The van der Waals surface area contributed by atoms with Crippen LogP contribution in [0.4, 0.5) is 0 Å². The Bertz CT molecular complexity index is 283. The molecule has 5 heteroatoms. The first-order valence-electron chi connectivity index (χ1n) is 8.18. The summed E-state index contributed by atoms with van der Waals surface area (Å²) in [6.07, 6.45) is 3.47. The van der Waals surface area contributed by atoms with Crippen LogP contribution in [-0.4, -0.2) is 37.5 Å². The summed E-state index contributed by atoms with van der Waals surface area (Å²) >= 11 is 0. The lowest BCUT2D eigenvalue weighted by Gasteiger charge is -2.26. The smallest absolute Gasteiger partial charge is 0.243 e. The van der Waals surface area contributed by atoms with Gasteiger partial charge >= 0.3 is 0 Å². The lowest BCUT2D eigenvalue weighted by Crippen LogP contribution is -2.56. The van der Waals surface area contributed by atoms with Gasteiger partial charge in [0.15, 0.2) is 0 Å². The quantitative estimate of drug-likeness (QED) is 0.610. The van der Waals surface area contributed by atoms with Crippen LogP contribution in [0.1, 0.15) is 60.8 Å². The fourth-order valence-electron chi connectivity index (χ4n) is 2.12. The highest BCUT2D eigenvalue weighted by Crippen LogP contribution is 2.09. The monoisotopic (exact) mass is 301 g/mol. The Labute approximate surface area is 130 Å². The second-order valence-corrected chi connectivity index (χ2v) is 5.05. The molecular formula is C16H35N3O2. The van der Waals surface area contributed by atoms with Crippen LogP contribution >= 0.6 is 0 Å². The van der Waals surface area contributed by atoms with Gasteiger partial charge in [-0.25, -0.2) is 0 Å². The Morgan fingerprint density at radius 3 is 2.10 bits per heavy atom. The van der Waals surface area contributed by atoms with Crippen LogP contribution in [0.25, 0.3) is 0 Å². The van der Waals surface area contributed by atoms with Crippen molar-refractivity contribution in [3.05, 3.63) is 0 Å². The number of nitrogens with one attached hydrogen (secondary N) is 3. The average Bonchev–Trinajstić information content (AvgIpc) is 2.49. The first-order chi connectivity index (χ1) is 9.96. The number of hydrogen-bond donors (Lipinski definition) is 3. The maximum Gasteiger partial charge on any atom is 0.243 e. The van der Waals surface area contributed by atoms with Gasteiger partial charge in [-0.05, 0) is 25.8 Å². The molecule has 0 saturated heterocycles. The van der Waals surface area contributed by atoms with Crippen molar-refractivity contribution in [3.8, 4) is 0 Å². The highest BCUT2D eigenvalue weighted by atomic mass is 16.2. The summed E-state index contributed by atoms with van der Waals surface area (Å²) in [6.45, 7) is 12.6. The number of hydrogen-bond acceptors (Lipinski definition) is 3. The third-order valence-corrected chi connectivity index (χ3v) is 3.39. The SMILES string of the molecule is CC.CCCC(CC)CNC(C)C(NC(C)=O)C(=O)NC. The van der Waals surface area contributed by atoms with Gasteiger partial charge < -0.3 is 16.0 Å². The molecule has 0 aliphatic rings. The van der Waals surface area contributed by atoms with E-state index >= 15 is 0 Å². The van der Waals surface area contributed by atoms with E-state index in [0.29, 0.717) is 5.92 Å². The van der Waals surface area contributed by atoms with Crippen molar-refractivity contribution in [1.29, 1.82) is 0 Å². The van der Waals surface area contributed by atoms with Crippen LogP contribution in [0, 0.1) is 5.92 Å². The molecule has 3 unspecified atom stereocenters. The van der Waals surface area contributed by atoms with Gasteiger partial charge in [-0.3, -0.25) is 9.59 Å². The van der Waals surface area contributed by atoms with Crippen LogP contribution in [0.3, 0.4) is 0 Å². The summed E-state index contributed by atoms with van der Waals surface area (Å²) in [5.41, 5.74) is 0. The van der Waals surface area contributed by atoms with E-state index in [4.69, 9.17) is 0 Å². The third kappa shape index (κ3) is 10.3. The molecular weight excluding hydrogens is 266 g/mol. The fraction of sp³-hybridized carbons (Fsp3) is 0.875. The predicted molar refractivity (Wildman–Crippen MR) is 89.2 cm³/mol.